The van der Waals surface area contributed by atoms with Gasteiger partial charge in [0.1, 0.15) is 0 Å². The third-order valence-corrected chi connectivity index (χ3v) is 6.30. The molecule has 0 spiro atoms. The van der Waals surface area contributed by atoms with Crippen LogP contribution in [-0.2, 0) is 4.79 Å². The molecule has 12 heteroatoms. The van der Waals surface area contributed by atoms with Crippen LogP contribution in [0.3, 0.4) is 0 Å². The third kappa shape index (κ3) is 6.70. The number of hydrogen-bond acceptors (Lipinski definition) is 7. The summed E-state index contributed by atoms with van der Waals surface area (Å²) >= 11 is 1.18. The van der Waals surface area contributed by atoms with Crippen molar-refractivity contribution in [2.45, 2.75) is 24.0 Å². The molecule has 0 saturated heterocycles. The highest BCUT2D eigenvalue weighted by molar-refractivity contribution is 8.00. The molecule has 0 heterocycles. The van der Waals surface area contributed by atoms with E-state index in [1.807, 2.05) is 0 Å². The number of aryl methyl sites for hydroxylation is 1. The zero-order valence-electron chi connectivity index (χ0n) is 19.6. The fraction of sp³-hybridized carbons (Fsp3) is 0.120. The number of aromatic carboxylic acids is 2. The van der Waals surface area contributed by atoms with Crippen LogP contribution in [0.2, 0.25) is 0 Å². The predicted octanol–water partition coefficient (Wildman–Crippen LogP) is 4.67. The van der Waals surface area contributed by atoms with E-state index in [4.69, 9.17) is 5.11 Å². The first-order valence-electron chi connectivity index (χ1n) is 10.7. The number of non-ortho nitro benzene ring substituents is 1. The van der Waals surface area contributed by atoms with E-state index >= 15 is 0 Å². The summed E-state index contributed by atoms with van der Waals surface area (Å²) in [7, 11) is 0. The lowest BCUT2D eigenvalue weighted by Crippen LogP contribution is -2.23. The van der Waals surface area contributed by atoms with E-state index in [0.29, 0.717) is 21.8 Å². The molecule has 1 atom stereocenters. The number of hydrogen-bond donors (Lipinski definition) is 4. The van der Waals surface area contributed by atoms with Gasteiger partial charge < -0.3 is 20.8 Å². The molecular weight excluding hydrogens is 502 g/mol. The van der Waals surface area contributed by atoms with E-state index in [1.54, 1.807) is 44.2 Å². The lowest BCUT2D eigenvalue weighted by Gasteiger charge is -2.14. The maximum absolute atomic E-state index is 12.7. The van der Waals surface area contributed by atoms with E-state index in [0.717, 1.165) is 18.2 Å². The van der Waals surface area contributed by atoms with Crippen molar-refractivity contribution < 1.29 is 34.3 Å². The number of carbonyl (C=O) groups excluding carboxylic acids is 2. The van der Waals surface area contributed by atoms with Gasteiger partial charge in [0.15, 0.2) is 0 Å². The van der Waals surface area contributed by atoms with Gasteiger partial charge in [-0.3, -0.25) is 19.7 Å². The van der Waals surface area contributed by atoms with Crippen LogP contribution in [0.4, 0.5) is 17.1 Å². The number of nitrogens with zero attached hydrogens (tertiary/aromatic N) is 1. The number of anilines is 2. The topological polar surface area (TPSA) is 176 Å². The first-order chi connectivity index (χ1) is 17.5. The number of nitro groups is 1. The van der Waals surface area contributed by atoms with Crippen molar-refractivity contribution >= 4 is 52.6 Å². The largest absolute Gasteiger partial charge is 0.478 e. The highest BCUT2D eigenvalue weighted by Crippen LogP contribution is 2.28. The van der Waals surface area contributed by atoms with Crippen LogP contribution in [0.15, 0.2) is 65.6 Å². The SMILES string of the molecule is Cc1ccc([N+](=O)[O-])cc1NC(=O)C(C)Sc1cccc(NC(=O)c2ccc(C(=O)O)cc2C(=O)O)c1. The first-order valence-corrected chi connectivity index (χ1v) is 11.6. The zero-order chi connectivity index (χ0) is 27.3. The Kier molecular flexibility index (Phi) is 8.25. The number of rotatable bonds is 9. The number of benzene rings is 3. The second-order valence-electron chi connectivity index (χ2n) is 7.86. The molecule has 0 radical (unpaired) electrons. The molecule has 11 nitrogen and oxygen atoms in total. The maximum atomic E-state index is 12.7. The summed E-state index contributed by atoms with van der Waals surface area (Å²) in [5.74, 6) is -3.90. The highest BCUT2D eigenvalue weighted by atomic mass is 32.2. The Morgan fingerprint density at radius 1 is 0.919 bits per heavy atom. The average molecular weight is 524 g/mol. The van der Waals surface area contributed by atoms with Crippen molar-refractivity contribution in [2.24, 2.45) is 0 Å². The van der Waals surface area contributed by atoms with E-state index < -0.39 is 33.6 Å². The minimum Gasteiger partial charge on any atom is -0.478 e. The van der Waals surface area contributed by atoms with Crippen LogP contribution in [-0.4, -0.2) is 44.1 Å². The average Bonchev–Trinajstić information content (AvgIpc) is 2.84. The Bertz CT molecular complexity index is 1420. The standard InChI is InChI=1S/C25H21N3O8S/c1-13-6-8-17(28(35)36)12-21(13)27-22(29)14(2)37-18-5-3-4-16(11-18)26-23(30)19-9-7-15(24(31)32)10-20(19)25(33)34/h3-12,14H,1-2H3,(H,26,30)(H,27,29)(H,31,32)(H,33,34). The number of nitro benzene ring substituents is 1. The summed E-state index contributed by atoms with van der Waals surface area (Å²) in [6.07, 6.45) is 0. The molecule has 3 aromatic carbocycles. The fourth-order valence-corrected chi connectivity index (χ4v) is 4.17. The molecule has 0 bridgehead atoms. The monoisotopic (exact) mass is 523 g/mol. The smallest absolute Gasteiger partial charge is 0.336 e. The van der Waals surface area contributed by atoms with Crippen molar-refractivity contribution in [1.29, 1.82) is 0 Å². The normalized spacial score (nSPS) is 11.3. The molecule has 4 N–H and O–H groups in total. The van der Waals surface area contributed by atoms with E-state index in [-0.39, 0.29) is 22.7 Å². The quantitative estimate of drug-likeness (QED) is 0.176. The van der Waals surface area contributed by atoms with Crippen LogP contribution in [0, 0.1) is 17.0 Å². The molecule has 0 aliphatic carbocycles. The Morgan fingerprint density at radius 3 is 2.30 bits per heavy atom. The zero-order valence-corrected chi connectivity index (χ0v) is 20.4. The molecule has 0 saturated carbocycles. The first kappa shape index (κ1) is 26.9. The van der Waals surface area contributed by atoms with Crippen molar-refractivity contribution in [1.82, 2.24) is 0 Å². The second-order valence-corrected chi connectivity index (χ2v) is 9.27. The van der Waals surface area contributed by atoms with Crippen molar-refractivity contribution in [2.75, 3.05) is 10.6 Å². The minimum absolute atomic E-state index is 0.145. The molecule has 0 aliphatic heterocycles. The van der Waals surface area contributed by atoms with Crippen LogP contribution < -0.4 is 10.6 Å². The number of carboxylic acid groups (broad SMARTS) is 2. The van der Waals surface area contributed by atoms with Crippen molar-refractivity contribution in [3.8, 4) is 0 Å². The van der Waals surface area contributed by atoms with Crippen molar-refractivity contribution in [3.05, 3.63) is 93.0 Å². The number of carbonyl (C=O) groups is 4. The molecule has 190 valence electrons. The molecular formula is C25H21N3O8S. The Labute approximate surface area is 214 Å². The van der Waals surface area contributed by atoms with E-state index in [9.17, 15) is 34.4 Å². The van der Waals surface area contributed by atoms with Crippen LogP contribution in [0.25, 0.3) is 0 Å². The molecule has 0 aliphatic rings. The van der Waals surface area contributed by atoms with Gasteiger partial charge in [-0.05, 0) is 55.8 Å². The van der Waals surface area contributed by atoms with Gasteiger partial charge in [0, 0.05) is 22.7 Å². The van der Waals surface area contributed by atoms with E-state index in [2.05, 4.69) is 10.6 Å². The molecule has 0 fully saturated rings. The summed E-state index contributed by atoms with van der Waals surface area (Å²) in [5.41, 5.74) is 0.248. The Morgan fingerprint density at radius 2 is 1.65 bits per heavy atom. The van der Waals surface area contributed by atoms with Gasteiger partial charge in [0.25, 0.3) is 11.6 Å². The summed E-state index contributed by atoms with van der Waals surface area (Å²) in [6.45, 7) is 3.37. The Hall–Kier alpha value is -4.71. The van der Waals surface area contributed by atoms with E-state index in [1.165, 1.54) is 23.9 Å². The van der Waals surface area contributed by atoms with Gasteiger partial charge in [-0.25, -0.2) is 9.59 Å². The summed E-state index contributed by atoms with van der Waals surface area (Å²) in [5, 5.41) is 34.2. The summed E-state index contributed by atoms with van der Waals surface area (Å²) in [4.78, 5) is 59.2. The number of nitrogens with one attached hydrogen (secondary N) is 2. The minimum atomic E-state index is -1.45. The lowest BCUT2D eigenvalue weighted by molar-refractivity contribution is -0.384. The van der Waals surface area contributed by atoms with Gasteiger partial charge in [-0.15, -0.1) is 11.8 Å². The Balaban J connectivity index is 1.72. The van der Waals surface area contributed by atoms with Crippen LogP contribution in [0.5, 0.6) is 0 Å². The summed E-state index contributed by atoms with van der Waals surface area (Å²) in [6, 6.07) is 13.9. The number of amides is 2. The molecule has 0 aromatic heterocycles. The lowest BCUT2D eigenvalue weighted by atomic mass is 10.0. The number of carboxylic acids is 2. The maximum Gasteiger partial charge on any atom is 0.336 e. The highest BCUT2D eigenvalue weighted by Gasteiger charge is 2.20. The molecule has 2 amide bonds. The van der Waals surface area contributed by atoms with Gasteiger partial charge in [-0.2, -0.15) is 0 Å². The second kappa shape index (κ2) is 11.4. The summed E-state index contributed by atoms with van der Waals surface area (Å²) < 4.78 is 0. The fourth-order valence-electron chi connectivity index (χ4n) is 3.25. The van der Waals surface area contributed by atoms with Gasteiger partial charge in [0.2, 0.25) is 5.91 Å². The van der Waals surface area contributed by atoms with Gasteiger partial charge in [0.05, 0.1) is 32.6 Å². The predicted molar refractivity (Wildman–Crippen MR) is 137 cm³/mol. The number of thioether (sulfide) groups is 1. The molecule has 1 unspecified atom stereocenters. The van der Waals surface area contributed by atoms with Gasteiger partial charge >= 0.3 is 11.9 Å². The molecule has 37 heavy (non-hydrogen) atoms. The third-order valence-electron chi connectivity index (χ3n) is 5.21. The molecule has 3 rings (SSSR count). The van der Waals surface area contributed by atoms with Gasteiger partial charge in [-0.1, -0.05) is 12.1 Å². The van der Waals surface area contributed by atoms with Crippen LogP contribution >= 0.6 is 11.8 Å². The molecule has 3 aromatic rings. The van der Waals surface area contributed by atoms with Crippen LogP contribution in [0.1, 0.15) is 43.6 Å². The van der Waals surface area contributed by atoms with Crippen molar-refractivity contribution in [3.63, 3.8) is 0 Å².